The summed E-state index contributed by atoms with van der Waals surface area (Å²) in [6.45, 7) is 8.65. The standard InChI is InChI=1S/C11H21NO2/c1-5-14-10(13)8(2)12-9-6-11(3,4)7-9/h8-9,12H,5-7H2,1-4H3/t8-/m1/s1. The quantitative estimate of drug-likeness (QED) is 0.701. The zero-order valence-corrected chi connectivity index (χ0v) is 9.59. The number of carbonyl (C=O) groups excluding carboxylic acids is 1. The molecule has 0 unspecified atom stereocenters. The number of rotatable bonds is 4. The van der Waals surface area contributed by atoms with Gasteiger partial charge in [0.2, 0.25) is 0 Å². The zero-order valence-electron chi connectivity index (χ0n) is 9.59. The summed E-state index contributed by atoms with van der Waals surface area (Å²) < 4.78 is 4.92. The van der Waals surface area contributed by atoms with E-state index in [-0.39, 0.29) is 12.0 Å². The highest BCUT2D eigenvalue weighted by Crippen LogP contribution is 2.39. The lowest BCUT2D eigenvalue weighted by atomic mass is 9.68. The van der Waals surface area contributed by atoms with Gasteiger partial charge in [-0.15, -0.1) is 0 Å². The molecule has 0 spiro atoms. The van der Waals surface area contributed by atoms with Crippen molar-refractivity contribution in [3.05, 3.63) is 0 Å². The third kappa shape index (κ3) is 2.98. The minimum atomic E-state index is -0.170. The van der Waals surface area contributed by atoms with E-state index in [4.69, 9.17) is 4.74 Å². The fourth-order valence-electron chi connectivity index (χ4n) is 2.08. The first-order valence-corrected chi connectivity index (χ1v) is 5.37. The normalized spacial score (nSPS) is 22.6. The third-order valence-electron chi connectivity index (χ3n) is 2.72. The number of nitrogens with one attached hydrogen (secondary N) is 1. The second-order valence-corrected chi connectivity index (χ2v) is 4.91. The highest BCUT2D eigenvalue weighted by molar-refractivity contribution is 5.75. The van der Waals surface area contributed by atoms with Crippen molar-refractivity contribution in [3.63, 3.8) is 0 Å². The summed E-state index contributed by atoms with van der Waals surface area (Å²) in [6, 6.07) is 0.320. The maximum atomic E-state index is 11.3. The number of ether oxygens (including phenoxy) is 1. The molecule has 1 aliphatic rings. The van der Waals surface area contributed by atoms with Crippen LogP contribution in [0.3, 0.4) is 0 Å². The van der Waals surface area contributed by atoms with Crippen LogP contribution in [0.15, 0.2) is 0 Å². The summed E-state index contributed by atoms with van der Waals surface area (Å²) >= 11 is 0. The van der Waals surface area contributed by atoms with Gasteiger partial charge in [0, 0.05) is 6.04 Å². The average Bonchev–Trinajstić information content (AvgIpc) is 2.01. The first-order valence-electron chi connectivity index (χ1n) is 5.37. The molecule has 0 aliphatic heterocycles. The van der Waals surface area contributed by atoms with E-state index < -0.39 is 0 Å². The van der Waals surface area contributed by atoms with Crippen LogP contribution in [0.25, 0.3) is 0 Å². The molecule has 0 heterocycles. The molecule has 1 rings (SSSR count). The Morgan fingerprint density at radius 1 is 1.57 bits per heavy atom. The maximum absolute atomic E-state index is 11.3. The van der Waals surface area contributed by atoms with Crippen molar-refractivity contribution in [2.45, 2.75) is 52.6 Å². The Labute approximate surface area is 86.2 Å². The second kappa shape index (κ2) is 4.30. The van der Waals surface area contributed by atoms with Crippen molar-refractivity contribution in [2.75, 3.05) is 6.61 Å². The predicted molar refractivity (Wildman–Crippen MR) is 56.0 cm³/mol. The van der Waals surface area contributed by atoms with Crippen LogP contribution in [0.5, 0.6) is 0 Å². The molecular formula is C11H21NO2. The number of hydrogen-bond donors (Lipinski definition) is 1. The average molecular weight is 199 g/mol. The first-order chi connectivity index (χ1) is 6.44. The predicted octanol–water partition coefficient (Wildman–Crippen LogP) is 1.72. The topological polar surface area (TPSA) is 38.3 Å². The van der Waals surface area contributed by atoms with E-state index in [2.05, 4.69) is 19.2 Å². The molecule has 0 aromatic heterocycles. The molecule has 0 saturated heterocycles. The Kier molecular flexibility index (Phi) is 3.53. The Bertz CT molecular complexity index is 205. The molecule has 1 fully saturated rings. The summed E-state index contributed by atoms with van der Waals surface area (Å²) in [7, 11) is 0. The van der Waals surface area contributed by atoms with Crippen molar-refractivity contribution in [3.8, 4) is 0 Å². The van der Waals surface area contributed by atoms with Gasteiger partial charge in [-0.25, -0.2) is 0 Å². The Balaban J connectivity index is 2.22. The van der Waals surface area contributed by atoms with E-state index >= 15 is 0 Å². The van der Waals surface area contributed by atoms with Gasteiger partial charge in [-0.1, -0.05) is 13.8 Å². The molecule has 82 valence electrons. The molecule has 0 amide bonds. The molecule has 1 aliphatic carbocycles. The van der Waals surface area contributed by atoms with Crippen LogP contribution in [0.4, 0.5) is 0 Å². The fourth-order valence-corrected chi connectivity index (χ4v) is 2.08. The van der Waals surface area contributed by atoms with Gasteiger partial charge in [-0.05, 0) is 32.1 Å². The van der Waals surface area contributed by atoms with E-state index in [1.807, 2.05) is 13.8 Å². The van der Waals surface area contributed by atoms with Crippen LogP contribution in [0.1, 0.15) is 40.5 Å². The molecule has 0 bridgehead atoms. The fraction of sp³-hybridized carbons (Fsp3) is 0.909. The Hall–Kier alpha value is -0.570. The molecule has 3 nitrogen and oxygen atoms in total. The van der Waals surface area contributed by atoms with E-state index in [1.54, 1.807) is 0 Å². The Morgan fingerprint density at radius 3 is 2.57 bits per heavy atom. The highest BCUT2D eigenvalue weighted by atomic mass is 16.5. The van der Waals surface area contributed by atoms with Gasteiger partial charge in [0.15, 0.2) is 0 Å². The molecule has 1 saturated carbocycles. The van der Waals surface area contributed by atoms with Crippen molar-refractivity contribution in [1.29, 1.82) is 0 Å². The zero-order chi connectivity index (χ0) is 10.8. The molecule has 0 aromatic rings. The minimum Gasteiger partial charge on any atom is -0.465 e. The number of esters is 1. The van der Waals surface area contributed by atoms with Gasteiger partial charge in [0.1, 0.15) is 6.04 Å². The van der Waals surface area contributed by atoms with Crippen LogP contribution in [0.2, 0.25) is 0 Å². The van der Waals surface area contributed by atoms with Crippen LogP contribution >= 0.6 is 0 Å². The first kappa shape index (κ1) is 11.5. The highest BCUT2D eigenvalue weighted by Gasteiger charge is 2.37. The van der Waals surface area contributed by atoms with Crippen LogP contribution in [-0.2, 0) is 9.53 Å². The van der Waals surface area contributed by atoms with Crippen molar-refractivity contribution in [1.82, 2.24) is 5.32 Å². The summed E-state index contributed by atoms with van der Waals surface area (Å²) in [6.07, 6.45) is 2.30. The molecule has 0 radical (unpaired) electrons. The summed E-state index contributed by atoms with van der Waals surface area (Å²) in [5.74, 6) is -0.141. The summed E-state index contributed by atoms with van der Waals surface area (Å²) in [5, 5.41) is 3.28. The van der Waals surface area contributed by atoms with E-state index in [0.29, 0.717) is 18.1 Å². The molecule has 0 aromatic carbocycles. The molecular weight excluding hydrogens is 178 g/mol. The lowest BCUT2D eigenvalue weighted by molar-refractivity contribution is -0.145. The van der Waals surface area contributed by atoms with Gasteiger partial charge in [-0.3, -0.25) is 4.79 Å². The van der Waals surface area contributed by atoms with Gasteiger partial charge in [0.25, 0.3) is 0 Å². The van der Waals surface area contributed by atoms with Crippen molar-refractivity contribution in [2.24, 2.45) is 5.41 Å². The van der Waals surface area contributed by atoms with Gasteiger partial charge in [0.05, 0.1) is 6.61 Å². The summed E-state index contributed by atoms with van der Waals surface area (Å²) in [5.41, 5.74) is 0.450. The molecule has 14 heavy (non-hydrogen) atoms. The molecule has 1 N–H and O–H groups in total. The monoisotopic (exact) mass is 199 g/mol. The van der Waals surface area contributed by atoms with Gasteiger partial charge < -0.3 is 10.1 Å². The third-order valence-corrected chi connectivity index (χ3v) is 2.72. The maximum Gasteiger partial charge on any atom is 0.322 e. The van der Waals surface area contributed by atoms with E-state index in [0.717, 1.165) is 12.8 Å². The SMILES string of the molecule is CCOC(=O)[C@@H](C)NC1CC(C)(C)C1. The van der Waals surface area contributed by atoms with E-state index in [9.17, 15) is 4.79 Å². The van der Waals surface area contributed by atoms with E-state index in [1.165, 1.54) is 0 Å². The number of hydrogen-bond acceptors (Lipinski definition) is 3. The second-order valence-electron chi connectivity index (χ2n) is 4.91. The molecule has 1 atom stereocenters. The van der Waals surface area contributed by atoms with Gasteiger partial charge >= 0.3 is 5.97 Å². The van der Waals surface area contributed by atoms with Gasteiger partial charge in [-0.2, -0.15) is 0 Å². The van der Waals surface area contributed by atoms with Crippen LogP contribution < -0.4 is 5.32 Å². The molecule has 3 heteroatoms. The van der Waals surface area contributed by atoms with Crippen LogP contribution in [0, 0.1) is 5.41 Å². The van der Waals surface area contributed by atoms with Crippen molar-refractivity contribution < 1.29 is 9.53 Å². The number of carbonyl (C=O) groups is 1. The largest absolute Gasteiger partial charge is 0.465 e. The van der Waals surface area contributed by atoms with Crippen molar-refractivity contribution >= 4 is 5.97 Å². The van der Waals surface area contributed by atoms with Crippen LogP contribution in [-0.4, -0.2) is 24.7 Å². The Morgan fingerprint density at radius 2 is 2.14 bits per heavy atom. The minimum absolute atomic E-state index is 0.141. The lowest BCUT2D eigenvalue weighted by Gasteiger charge is -2.43. The summed E-state index contributed by atoms with van der Waals surface area (Å²) in [4.78, 5) is 11.3. The smallest absolute Gasteiger partial charge is 0.322 e. The lowest BCUT2D eigenvalue weighted by Crippen LogP contribution is -2.51.